The van der Waals surface area contributed by atoms with E-state index in [2.05, 4.69) is 5.32 Å². The summed E-state index contributed by atoms with van der Waals surface area (Å²) in [6.45, 7) is 1.63. The lowest BCUT2D eigenvalue weighted by Gasteiger charge is -2.30. The van der Waals surface area contributed by atoms with Gasteiger partial charge in [0.05, 0.1) is 6.26 Å². The highest BCUT2D eigenvalue weighted by Crippen LogP contribution is 2.18. The zero-order valence-corrected chi connectivity index (χ0v) is 14.1. The molecule has 7 heteroatoms. The molecule has 1 saturated heterocycles. The Kier molecular flexibility index (Phi) is 6.12. The highest BCUT2D eigenvalue weighted by molar-refractivity contribution is 7.88. The number of hydrogen-bond donors (Lipinski definition) is 1. The zero-order valence-electron chi connectivity index (χ0n) is 13.3. The molecule has 0 unspecified atom stereocenters. The molecule has 1 aromatic rings. The molecule has 128 valence electrons. The van der Waals surface area contributed by atoms with E-state index < -0.39 is 10.0 Å². The summed E-state index contributed by atoms with van der Waals surface area (Å²) >= 11 is 0. The maximum absolute atomic E-state index is 12.8. The topological polar surface area (TPSA) is 66.5 Å². The van der Waals surface area contributed by atoms with Crippen LogP contribution in [0.4, 0.5) is 4.39 Å². The van der Waals surface area contributed by atoms with Crippen molar-refractivity contribution in [1.29, 1.82) is 0 Å². The van der Waals surface area contributed by atoms with Crippen molar-refractivity contribution in [1.82, 2.24) is 9.62 Å². The molecule has 0 saturated carbocycles. The molecule has 0 aliphatic carbocycles. The summed E-state index contributed by atoms with van der Waals surface area (Å²) < 4.78 is 37.1. The van der Waals surface area contributed by atoms with Gasteiger partial charge in [-0.15, -0.1) is 0 Å². The van der Waals surface area contributed by atoms with Gasteiger partial charge in [-0.2, -0.15) is 0 Å². The van der Waals surface area contributed by atoms with E-state index in [-0.39, 0.29) is 11.7 Å². The summed E-state index contributed by atoms with van der Waals surface area (Å²) in [5.41, 5.74) is 0.933. The van der Waals surface area contributed by atoms with Gasteiger partial charge in [-0.25, -0.2) is 17.1 Å². The fourth-order valence-corrected chi connectivity index (χ4v) is 3.57. The van der Waals surface area contributed by atoms with Crippen molar-refractivity contribution in [3.63, 3.8) is 0 Å². The molecule has 1 aromatic carbocycles. The standard InChI is InChI=1S/C16H23FN2O3S/c1-23(21,22)19-10-8-14(9-11-19)12-18-16(20)7-4-13-2-5-15(17)6-3-13/h2-3,5-6,14H,4,7-12H2,1H3,(H,18,20). The Balaban J connectivity index is 1.66. The van der Waals surface area contributed by atoms with Crippen molar-refractivity contribution in [2.24, 2.45) is 5.92 Å². The molecule has 1 amide bonds. The Morgan fingerprint density at radius 3 is 2.43 bits per heavy atom. The van der Waals surface area contributed by atoms with Crippen molar-refractivity contribution < 1.29 is 17.6 Å². The minimum atomic E-state index is -3.10. The first-order valence-electron chi connectivity index (χ1n) is 7.81. The van der Waals surface area contributed by atoms with Crippen LogP contribution in [0.25, 0.3) is 0 Å². The second-order valence-electron chi connectivity index (χ2n) is 6.04. The molecule has 23 heavy (non-hydrogen) atoms. The molecular weight excluding hydrogens is 319 g/mol. The van der Waals surface area contributed by atoms with Gasteiger partial charge in [0.25, 0.3) is 0 Å². The first kappa shape index (κ1) is 17.9. The third-order valence-electron chi connectivity index (χ3n) is 4.18. The van der Waals surface area contributed by atoms with Crippen LogP contribution in [0.15, 0.2) is 24.3 Å². The molecule has 0 aromatic heterocycles. The normalized spacial score (nSPS) is 17.1. The van der Waals surface area contributed by atoms with Crippen LogP contribution in [-0.4, -0.2) is 44.5 Å². The van der Waals surface area contributed by atoms with Crippen LogP contribution in [0.5, 0.6) is 0 Å². The van der Waals surface area contributed by atoms with E-state index in [1.807, 2.05) is 0 Å². The summed E-state index contributed by atoms with van der Waals surface area (Å²) in [5, 5.41) is 2.91. The average molecular weight is 342 g/mol. The second-order valence-corrected chi connectivity index (χ2v) is 8.02. The van der Waals surface area contributed by atoms with Crippen molar-refractivity contribution in [2.75, 3.05) is 25.9 Å². The third-order valence-corrected chi connectivity index (χ3v) is 5.49. The van der Waals surface area contributed by atoms with E-state index in [1.165, 1.54) is 22.7 Å². The quantitative estimate of drug-likeness (QED) is 0.853. The van der Waals surface area contributed by atoms with Gasteiger partial charge in [-0.05, 0) is 42.9 Å². The van der Waals surface area contributed by atoms with Gasteiger partial charge >= 0.3 is 0 Å². The van der Waals surface area contributed by atoms with Crippen molar-refractivity contribution in [3.05, 3.63) is 35.6 Å². The fourth-order valence-electron chi connectivity index (χ4n) is 2.70. The number of amides is 1. The number of aryl methyl sites for hydroxylation is 1. The highest BCUT2D eigenvalue weighted by atomic mass is 32.2. The number of carbonyl (C=O) groups excluding carboxylic acids is 1. The summed E-state index contributed by atoms with van der Waals surface area (Å²) in [4.78, 5) is 11.9. The minimum absolute atomic E-state index is 0.0279. The van der Waals surface area contributed by atoms with Crippen molar-refractivity contribution >= 4 is 15.9 Å². The lowest BCUT2D eigenvalue weighted by atomic mass is 9.98. The summed E-state index contributed by atoms with van der Waals surface area (Å²) in [7, 11) is -3.10. The van der Waals surface area contributed by atoms with Gasteiger partial charge in [0.1, 0.15) is 5.82 Å². The van der Waals surface area contributed by atoms with E-state index in [9.17, 15) is 17.6 Å². The first-order chi connectivity index (χ1) is 10.8. The number of benzene rings is 1. The van der Waals surface area contributed by atoms with Crippen molar-refractivity contribution in [3.8, 4) is 0 Å². The molecule has 1 aliphatic heterocycles. The number of halogens is 1. The molecule has 0 bridgehead atoms. The van der Waals surface area contributed by atoms with Crippen LogP contribution in [0.1, 0.15) is 24.8 Å². The Morgan fingerprint density at radius 1 is 1.26 bits per heavy atom. The number of nitrogens with zero attached hydrogens (tertiary/aromatic N) is 1. The van der Waals surface area contributed by atoms with Gasteiger partial charge in [-0.1, -0.05) is 12.1 Å². The molecule has 1 aliphatic rings. The predicted octanol–water partition coefficient (Wildman–Crippen LogP) is 1.55. The molecule has 1 fully saturated rings. The minimum Gasteiger partial charge on any atom is -0.356 e. The number of nitrogens with one attached hydrogen (secondary N) is 1. The summed E-state index contributed by atoms with van der Waals surface area (Å²) in [6.07, 6.45) is 3.72. The molecule has 5 nitrogen and oxygen atoms in total. The monoisotopic (exact) mass is 342 g/mol. The molecule has 0 atom stereocenters. The Labute approximate surface area is 136 Å². The predicted molar refractivity (Wildman–Crippen MR) is 86.9 cm³/mol. The van der Waals surface area contributed by atoms with Crippen LogP contribution in [0, 0.1) is 11.7 Å². The van der Waals surface area contributed by atoms with E-state index in [0.29, 0.717) is 38.4 Å². The summed E-state index contributed by atoms with van der Waals surface area (Å²) in [6, 6.07) is 6.15. The maximum Gasteiger partial charge on any atom is 0.220 e. The lowest BCUT2D eigenvalue weighted by molar-refractivity contribution is -0.121. The lowest BCUT2D eigenvalue weighted by Crippen LogP contribution is -2.41. The maximum atomic E-state index is 12.8. The Hall–Kier alpha value is -1.47. The van der Waals surface area contributed by atoms with Crippen LogP contribution >= 0.6 is 0 Å². The molecule has 0 radical (unpaired) electrons. The van der Waals surface area contributed by atoms with Gasteiger partial charge in [0, 0.05) is 26.1 Å². The van der Waals surface area contributed by atoms with Crippen LogP contribution in [0.3, 0.4) is 0 Å². The van der Waals surface area contributed by atoms with E-state index >= 15 is 0 Å². The van der Waals surface area contributed by atoms with Gasteiger partial charge in [0.2, 0.25) is 15.9 Å². The average Bonchev–Trinajstić information content (AvgIpc) is 2.52. The van der Waals surface area contributed by atoms with Crippen LogP contribution < -0.4 is 5.32 Å². The van der Waals surface area contributed by atoms with E-state index in [4.69, 9.17) is 0 Å². The van der Waals surface area contributed by atoms with Crippen molar-refractivity contribution in [2.45, 2.75) is 25.7 Å². The van der Waals surface area contributed by atoms with Crippen LogP contribution in [-0.2, 0) is 21.2 Å². The smallest absolute Gasteiger partial charge is 0.220 e. The van der Waals surface area contributed by atoms with Gasteiger partial charge in [-0.3, -0.25) is 4.79 Å². The molecule has 1 N–H and O–H groups in total. The fraction of sp³-hybridized carbons (Fsp3) is 0.562. The number of piperidine rings is 1. The largest absolute Gasteiger partial charge is 0.356 e. The first-order valence-corrected chi connectivity index (χ1v) is 9.65. The van der Waals surface area contributed by atoms with Gasteiger partial charge < -0.3 is 5.32 Å². The van der Waals surface area contributed by atoms with E-state index in [1.54, 1.807) is 12.1 Å². The molecular formula is C16H23FN2O3S. The number of sulfonamides is 1. The van der Waals surface area contributed by atoms with Crippen LogP contribution in [0.2, 0.25) is 0 Å². The molecule has 0 spiro atoms. The molecule has 1 heterocycles. The Bertz CT molecular complexity index is 623. The SMILES string of the molecule is CS(=O)(=O)N1CCC(CNC(=O)CCc2ccc(F)cc2)CC1. The number of carbonyl (C=O) groups is 1. The number of rotatable bonds is 6. The zero-order chi connectivity index (χ0) is 16.9. The second kappa shape index (κ2) is 7.88. The Morgan fingerprint density at radius 2 is 1.87 bits per heavy atom. The summed E-state index contributed by atoms with van der Waals surface area (Å²) in [5.74, 6) is 0.0151. The number of hydrogen-bond acceptors (Lipinski definition) is 3. The third kappa shape index (κ3) is 5.91. The van der Waals surface area contributed by atoms with Gasteiger partial charge in [0.15, 0.2) is 0 Å². The van der Waals surface area contributed by atoms with E-state index in [0.717, 1.165) is 18.4 Å². The molecule has 2 rings (SSSR count). The highest BCUT2D eigenvalue weighted by Gasteiger charge is 2.24.